The summed E-state index contributed by atoms with van der Waals surface area (Å²) >= 11 is 0. The number of ether oxygens (including phenoxy) is 1. The van der Waals surface area contributed by atoms with Crippen LogP contribution in [-0.2, 0) is 14.8 Å². The van der Waals surface area contributed by atoms with Crippen molar-refractivity contribution in [2.75, 3.05) is 22.5 Å². The summed E-state index contributed by atoms with van der Waals surface area (Å²) in [6, 6.07) is 10.7. The molecule has 2 aromatic rings. The maximum atomic E-state index is 13.1. The third-order valence-electron chi connectivity index (χ3n) is 3.58. The number of carbonyl (C=O) groups is 1. The fourth-order valence-corrected chi connectivity index (χ4v) is 3.65. The first kappa shape index (κ1) is 19.7. The van der Waals surface area contributed by atoms with E-state index in [-0.39, 0.29) is 5.69 Å². The molecule has 1 atom stereocenters. The number of amides is 1. The predicted molar refractivity (Wildman–Crippen MR) is 99.4 cm³/mol. The first-order chi connectivity index (χ1) is 12.2. The van der Waals surface area contributed by atoms with E-state index < -0.39 is 27.8 Å². The molecule has 0 aliphatic rings. The lowest BCUT2D eigenvalue weighted by Gasteiger charge is -2.28. The van der Waals surface area contributed by atoms with Gasteiger partial charge >= 0.3 is 0 Å². The smallest absolute Gasteiger partial charge is 0.247 e. The lowest BCUT2D eigenvalue weighted by atomic mass is 10.2. The van der Waals surface area contributed by atoms with Gasteiger partial charge in [-0.25, -0.2) is 12.8 Å². The van der Waals surface area contributed by atoms with E-state index in [2.05, 4.69) is 5.32 Å². The fourth-order valence-electron chi connectivity index (χ4n) is 2.47. The van der Waals surface area contributed by atoms with Crippen LogP contribution in [0, 0.1) is 5.82 Å². The highest BCUT2D eigenvalue weighted by atomic mass is 32.2. The molecule has 26 heavy (non-hydrogen) atoms. The monoisotopic (exact) mass is 380 g/mol. The molecule has 0 saturated heterocycles. The molecule has 1 N–H and O–H groups in total. The maximum Gasteiger partial charge on any atom is 0.247 e. The van der Waals surface area contributed by atoms with Crippen molar-refractivity contribution < 1.29 is 22.3 Å². The van der Waals surface area contributed by atoms with Crippen molar-refractivity contribution in [1.82, 2.24) is 0 Å². The molecule has 0 unspecified atom stereocenters. The van der Waals surface area contributed by atoms with Crippen molar-refractivity contribution in [2.24, 2.45) is 0 Å². The van der Waals surface area contributed by atoms with Crippen molar-refractivity contribution in [3.63, 3.8) is 0 Å². The number of halogens is 1. The minimum absolute atomic E-state index is 0.208. The van der Waals surface area contributed by atoms with Crippen molar-refractivity contribution in [3.8, 4) is 5.75 Å². The summed E-state index contributed by atoms with van der Waals surface area (Å²) < 4.78 is 43.8. The van der Waals surface area contributed by atoms with Crippen LogP contribution in [-0.4, -0.2) is 33.2 Å². The van der Waals surface area contributed by atoms with Crippen LogP contribution < -0.4 is 14.4 Å². The molecule has 0 radical (unpaired) electrons. The highest BCUT2D eigenvalue weighted by Gasteiger charge is 2.29. The quantitative estimate of drug-likeness (QED) is 0.801. The molecule has 0 heterocycles. The highest BCUT2D eigenvalue weighted by molar-refractivity contribution is 7.92. The molecule has 8 heteroatoms. The molecule has 2 aromatic carbocycles. The van der Waals surface area contributed by atoms with Gasteiger partial charge in [0.25, 0.3) is 0 Å². The van der Waals surface area contributed by atoms with Crippen LogP contribution in [0.1, 0.15) is 13.8 Å². The molecule has 0 aliphatic heterocycles. The zero-order valence-corrected chi connectivity index (χ0v) is 15.6. The minimum atomic E-state index is -3.76. The Morgan fingerprint density at radius 2 is 1.88 bits per heavy atom. The Bertz CT molecular complexity index is 869. The van der Waals surface area contributed by atoms with E-state index in [1.807, 2.05) is 6.92 Å². The van der Waals surface area contributed by atoms with Gasteiger partial charge in [0, 0.05) is 11.8 Å². The Kier molecular flexibility index (Phi) is 6.20. The van der Waals surface area contributed by atoms with Gasteiger partial charge in [0.05, 0.1) is 18.6 Å². The summed E-state index contributed by atoms with van der Waals surface area (Å²) in [6.07, 6.45) is 0.996. The summed E-state index contributed by atoms with van der Waals surface area (Å²) in [5, 5.41) is 2.68. The topological polar surface area (TPSA) is 75.7 Å². The Morgan fingerprint density at radius 1 is 1.23 bits per heavy atom. The molecule has 2 rings (SSSR count). The van der Waals surface area contributed by atoms with Gasteiger partial charge in [-0.05, 0) is 50.2 Å². The first-order valence-electron chi connectivity index (χ1n) is 8.01. The van der Waals surface area contributed by atoms with Crippen molar-refractivity contribution in [1.29, 1.82) is 0 Å². The van der Waals surface area contributed by atoms with E-state index in [9.17, 15) is 17.6 Å². The van der Waals surface area contributed by atoms with E-state index in [1.165, 1.54) is 19.1 Å². The molecule has 0 spiro atoms. The molecule has 0 aromatic heterocycles. The number of hydrogen-bond donors (Lipinski definition) is 1. The molecule has 0 fully saturated rings. The Labute approximate surface area is 152 Å². The zero-order valence-electron chi connectivity index (χ0n) is 14.8. The van der Waals surface area contributed by atoms with Crippen LogP contribution in [0.5, 0.6) is 5.75 Å². The number of nitrogens with zero attached hydrogens (tertiary/aromatic N) is 1. The van der Waals surface area contributed by atoms with Crippen LogP contribution >= 0.6 is 0 Å². The van der Waals surface area contributed by atoms with Crippen LogP contribution in [0.4, 0.5) is 15.8 Å². The molecule has 0 aliphatic carbocycles. The van der Waals surface area contributed by atoms with E-state index in [1.54, 1.807) is 24.3 Å². The Balaban J connectivity index is 2.25. The standard InChI is InChI=1S/C18H21FN2O4S/c1-4-25-17-7-5-6-15(12-17)20-18(22)13(2)21(26(3,23)24)16-10-8-14(19)9-11-16/h5-13H,4H2,1-3H3,(H,20,22)/t13-/m1/s1. The second-order valence-corrected chi connectivity index (χ2v) is 7.52. The lowest BCUT2D eigenvalue weighted by molar-refractivity contribution is -0.116. The summed E-state index contributed by atoms with van der Waals surface area (Å²) in [6.45, 7) is 3.80. The number of hydrogen-bond acceptors (Lipinski definition) is 4. The van der Waals surface area contributed by atoms with E-state index in [4.69, 9.17) is 4.74 Å². The van der Waals surface area contributed by atoms with Crippen LogP contribution in [0.15, 0.2) is 48.5 Å². The second kappa shape index (κ2) is 8.18. The average molecular weight is 380 g/mol. The summed E-state index contributed by atoms with van der Waals surface area (Å²) in [5.74, 6) is -0.420. The predicted octanol–water partition coefficient (Wildman–Crippen LogP) is 3.02. The van der Waals surface area contributed by atoms with E-state index in [0.717, 1.165) is 22.7 Å². The SMILES string of the molecule is CCOc1cccc(NC(=O)[C@@H](C)N(c2ccc(F)cc2)S(C)(=O)=O)c1. The van der Waals surface area contributed by atoms with Crippen LogP contribution in [0.3, 0.4) is 0 Å². The number of anilines is 2. The molecule has 0 bridgehead atoms. The Morgan fingerprint density at radius 3 is 2.46 bits per heavy atom. The summed E-state index contributed by atoms with van der Waals surface area (Å²) in [5.41, 5.74) is 0.694. The summed E-state index contributed by atoms with van der Waals surface area (Å²) in [7, 11) is -3.76. The average Bonchev–Trinajstić information content (AvgIpc) is 2.56. The minimum Gasteiger partial charge on any atom is -0.494 e. The van der Waals surface area contributed by atoms with Crippen molar-refractivity contribution >= 4 is 27.3 Å². The van der Waals surface area contributed by atoms with Crippen molar-refractivity contribution in [3.05, 3.63) is 54.3 Å². The van der Waals surface area contributed by atoms with Gasteiger partial charge in [0.1, 0.15) is 17.6 Å². The molecule has 6 nitrogen and oxygen atoms in total. The van der Waals surface area contributed by atoms with Crippen LogP contribution in [0.25, 0.3) is 0 Å². The number of carbonyl (C=O) groups excluding carboxylic acids is 1. The second-order valence-electron chi connectivity index (χ2n) is 5.66. The summed E-state index contributed by atoms with van der Waals surface area (Å²) in [4.78, 5) is 12.6. The van der Waals surface area contributed by atoms with Crippen LogP contribution in [0.2, 0.25) is 0 Å². The first-order valence-corrected chi connectivity index (χ1v) is 9.86. The zero-order chi connectivity index (χ0) is 19.3. The molecule has 0 saturated carbocycles. The molecule has 140 valence electrons. The van der Waals surface area contributed by atoms with E-state index in [0.29, 0.717) is 18.0 Å². The number of sulfonamides is 1. The highest BCUT2D eigenvalue weighted by Crippen LogP contribution is 2.23. The number of rotatable bonds is 7. The largest absolute Gasteiger partial charge is 0.494 e. The molecule has 1 amide bonds. The van der Waals surface area contributed by atoms with Gasteiger partial charge in [-0.1, -0.05) is 6.07 Å². The van der Waals surface area contributed by atoms with Gasteiger partial charge in [-0.2, -0.15) is 0 Å². The van der Waals surface area contributed by atoms with Gasteiger partial charge in [-0.3, -0.25) is 9.10 Å². The maximum absolute atomic E-state index is 13.1. The van der Waals surface area contributed by atoms with E-state index >= 15 is 0 Å². The normalized spacial score (nSPS) is 12.3. The van der Waals surface area contributed by atoms with Gasteiger partial charge < -0.3 is 10.1 Å². The Hall–Kier alpha value is -2.61. The fraction of sp³-hybridized carbons (Fsp3) is 0.278. The van der Waals surface area contributed by atoms with Crippen molar-refractivity contribution in [2.45, 2.75) is 19.9 Å². The number of benzene rings is 2. The van der Waals surface area contributed by atoms with Gasteiger partial charge in [0.2, 0.25) is 15.9 Å². The third kappa shape index (κ3) is 4.95. The number of nitrogens with one attached hydrogen (secondary N) is 1. The van der Waals surface area contributed by atoms with Gasteiger partial charge in [-0.15, -0.1) is 0 Å². The lowest BCUT2D eigenvalue weighted by Crippen LogP contribution is -2.45. The third-order valence-corrected chi connectivity index (χ3v) is 4.82. The molecular formula is C18H21FN2O4S. The van der Waals surface area contributed by atoms with Gasteiger partial charge in [0.15, 0.2) is 0 Å². The molecular weight excluding hydrogens is 359 g/mol.